The van der Waals surface area contributed by atoms with Gasteiger partial charge < -0.3 is 10.1 Å². The molecule has 0 aliphatic rings. The number of anilines is 1. The van der Waals surface area contributed by atoms with Crippen LogP contribution in [0.3, 0.4) is 0 Å². The maximum atomic E-state index is 12.4. The molecule has 134 valence electrons. The van der Waals surface area contributed by atoms with Crippen LogP contribution in [0.5, 0.6) is 5.75 Å². The minimum absolute atomic E-state index is 0.0101. The van der Waals surface area contributed by atoms with E-state index in [1.54, 1.807) is 11.3 Å². The van der Waals surface area contributed by atoms with Gasteiger partial charge >= 0.3 is 0 Å². The van der Waals surface area contributed by atoms with Crippen LogP contribution in [0.4, 0.5) is 5.69 Å². The molecule has 26 heavy (non-hydrogen) atoms. The van der Waals surface area contributed by atoms with Gasteiger partial charge in [-0.15, -0.1) is 11.3 Å². The van der Waals surface area contributed by atoms with Gasteiger partial charge in [0.25, 0.3) is 0 Å². The van der Waals surface area contributed by atoms with Crippen LogP contribution in [0, 0.1) is 0 Å². The maximum absolute atomic E-state index is 12.4. The lowest BCUT2D eigenvalue weighted by molar-refractivity contribution is -0.115. The number of carbonyl (C=O) groups excluding carboxylic acids is 1. The number of thiophene rings is 1. The average Bonchev–Trinajstić information content (AvgIpc) is 3.19. The van der Waals surface area contributed by atoms with E-state index in [1.165, 1.54) is 4.88 Å². The first-order chi connectivity index (χ1) is 12.8. The van der Waals surface area contributed by atoms with Crippen LogP contribution in [-0.4, -0.2) is 19.1 Å². The predicted octanol–water partition coefficient (Wildman–Crippen LogP) is 4.46. The fraction of sp³-hybridized carbons (Fsp3) is 0.190. The standard InChI is InChI=1S/C21H22N2O2S/c1-2-25-18-12-7-6-11-17(18)23-20(24)15-22-21(19-13-8-14-26-19)16-9-4-3-5-10-16/h3-14,21-22H,2,15H2,1H3,(H,23,24)/t21-/m1/s1. The van der Waals surface area contributed by atoms with Crippen molar-refractivity contribution in [1.82, 2.24) is 5.32 Å². The third-order valence-corrected chi connectivity index (χ3v) is 4.83. The Labute approximate surface area is 157 Å². The van der Waals surface area contributed by atoms with Crippen molar-refractivity contribution in [3.63, 3.8) is 0 Å². The number of amides is 1. The summed E-state index contributed by atoms with van der Waals surface area (Å²) >= 11 is 1.68. The Hall–Kier alpha value is -2.63. The third-order valence-electron chi connectivity index (χ3n) is 3.89. The zero-order valence-corrected chi connectivity index (χ0v) is 15.5. The lowest BCUT2D eigenvalue weighted by atomic mass is 10.1. The summed E-state index contributed by atoms with van der Waals surface area (Å²) in [6, 6.07) is 21.7. The predicted molar refractivity (Wildman–Crippen MR) is 107 cm³/mol. The van der Waals surface area contributed by atoms with Gasteiger partial charge in [0.05, 0.1) is 24.9 Å². The summed E-state index contributed by atoms with van der Waals surface area (Å²) in [5.74, 6) is 0.579. The Balaban J connectivity index is 1.67. The number of ether oxygens (including phenoxy) is 1. The van der Waals surface area contributed by atoms with Crippen LogP contribution in [0.2, 0.25) is 0 Å². The number of carbonyl (C=O) groups is 1. The number of nitrogens with one attached hydrogen (secondary N) is 2. The minimum Gasteiger partial charge on any atom is -0.492 e. The fourth-order valence-corrected chi connectivity index (χ4v) is 3.55. The molecule has 1 heterocycles. The second kappa shape index (κ2) is 9.17. The number of hydrogen-bond acceptors (Lipinski definition) is 4. The average molecular weight is 366 g/mol. The van der Waals surface area contributed by atoms with E-state index in [-0.39, 0.29) is 18.5 Å². The molecule has 0 unspecified atom stereocenters. The van der Waals surface area contributed by atoms with Crippen molar-refractivity contribution < 1.29 is 9.53 Å². The summed E-state index contributed by atoms with van der Waals surface area (Å²) in [4.78, 5) is 13.6. The molecule has 2 N–H and O–H groups in total. The molecule has 0 bridgehead atoms. The van der Waals surface area contributed by atoms with Gasteiger partial charge in [0.1, 0.15) is 5.75 Å². The van der Waals surface area contributed by atoms with Crippen LogP contribution in [0.15, 0.2) is 72.1 Å². The SMILES string of the molecule is CCOc1ccccc1NC(=O)CN[C@H](c1ccccc1)c1cccs1. The highest BCUT2D eigenvalue weighted by atomic mass is 32.1. The summed E-state index contributed by atoms with van der Waals surface area (Å²) in [6.07, 6.45) is 0. The highest BCUT2D eigenvalue weighted by molar-refractivity contribution is 7.10. The molecule has 5 heteroatoms. The van der Waals surface area contributed by atoms with E-state index in [0.29, 0.717) is 18.0 Å². The molecule has 0 spiro atoms. The maximum Gasteiger partial charge on any atom is 0.238 e. The van der Waals surface area contributed by atoms with Gasteiger partial charge in [0.15, 0.2) is 0 Å². The van der Waals surface area contributed by atoms with Gasteiger partial charge in [-0.2, -0.15) is 0 Å². The molecule has 3 aromatic rings. The Morgan fingerprint density at radius 1 is 1.04 bits per heavy atom. The first-order valence-electron chi connectivity index (χ1n) is 8.61. The smallest absolute Gasteiger partial charge is 0.238 e. The van der Waals surface area contributed by atoms with Crippen molar-refractivity contribution in [1.29, 1.82) is 0 Å². The zero-order chi connectivity index (χ0) is 18.2. The molecular formula is C21H22N2O2S. The van der Waals surface area contributed by atoms with E-state index < -0.39 is 0 Å². The molecule has 0 saturated heterocycles. The molecule has 3 rings (SSSR count). The van der Waals surface area contributed by atoms with Crippen molar-refractivity contribution in [3.05, 3.63) is 82.6 Å². The van der Waals surface area contributed by atoms with E-state index in [4.69, 9.17) is 4.74 Å². The Bertz CT molecular complexity index is 819. The van der Waals surface area contributed by atoms with E-state index in [1.807, 2.05) is 60.8 Å². The lowest BCUT2D eigenvalue weighted by Gasteiger charge is -2.18. The Kier molecular flexibility index (Phi) is 6.41. The van der Waals surface area contributed by atoms with Crippen molar-refractivity contribution in [2.45, 2.75) is 13.0 Å². The summed E-state index contributed by atoms with van der Waals surface area (Å²) in [7, 11) is 0. The topological polar surface area (TPSA) is 50.4 Å². The van der Waals surface area contributed by atoms with Gasteiger partial charge in [-0.1, -0.05) is 48.5 Å². The van der Waals surface area contributed by atoms with Crippen molar-refractivity contribution in [3.8, 4) is 5.75 Å². The molecular weight excluding hydrogens is 344 g/mol. The van der Waals surface area contributed by atoms with Gasteiger partial charge in [0.2, 0.25) is 5.91 Å². The van der Waals surface area contributed by atoms with Gasteiger partial charge in [-0.3, -0.25) is 10.1 Å². The summed E-state index contributed by atoms with van der Waals surface area (Å²) < 4.78 is 5.56. The molecule has 4 nitrogen and oxygen atoms in total. The van der Waals surface area contributed by atoms with E-state index >= 15 is 0 Å². The van der Waals surface area contributed by atoms with Crippen LogP contribution in [0.1, 0.15) is 23.4 Å². The molecule has 0 saturated carbocycles. The molecule has 1 amide bonds. The first-order valence-corrected chi connectivity index (χ1v) is 9.49. The summed E-state index contributed by atoms with van der Waals surface area (Å²) in [5.41, 5.74) is 1.83. The lowest BCUT2D eigenvalue weighted by Crippen LogP contribution is -2.31. The number of rotatable bonds is 8. The molecule has 0 aliphatic carbocycles. The highest BCUT2D eigenvalue weighted by Crippen LogP contribution is 2.26. The molecule has 2 aromatic carbocycles. The summed E-state index contributed by atoms with van der Waals surface area (Å²) in [5, 5.41) is 8.34. The normalized spacial score (nSPS) is 11.7. The second-order valence-corrected chi connectivity index (χ2v) is 6.70. The summed E-state index contributed by atoms with van der Waals surface area (Å²) in [6.45, 7) is 2.68. The second-order valence-electron chi connectivity index (χ2n) is 5.72. The van der Waals surface area contributed by atoms with Crippen LogP contribution < -0.4 is 15.4 Å². The largest absolute Gasteiger partial charge is 0.492 e. The number of hydrogen-bond donors (Lipinski definition) is 2. The van der Waals surface area contributed by atoms with Gasteiger partial charge in [-0.05, 0) is 36.1 Å². The quantitative estimate of drug-likeness (QED) is 0.619. The van der Waals surface area contributed by atoms with Crippen LogP contribution >= 0.6 is 11.3 Å². The first kappa shape index (κ1) is 18.2. The van der Waals surface area contributed by atoms with Gasteiger partial charge in [-0.25, -0.2) is 0 Å². The minimum atomic E-state index is -0.102. The third kappa shape index (κ3) is 4.71. The molecule has 0 aliphatic heterocycles. The molecule has 0 fully saturated rings. The van der Waals surface area contributed by atoms with Crippen LogP contribution in [-0.2, 0) is 4.79 Å². The van der Waals surface area contributed by atoms with E-state index in [0.717, 1.165) is 5.56 Å². The van der Waals surface area contributed by atoms with Crippen molar-refractivity contribution in [2.24, 2.45) is 0 Å². The number of benzene rings is 2. The molecule has 1 aromatic heterocycles. The van der Waals surface area contributed by atoms with E-state index in [9.17, 15) is 4.79 Å². The van der Waals surface area contributed by atoms with E-state index in [2.05, 4.69) is 28.8 Å². The monoisotopic (exact) mass is 366 g/mol. The Morgan fingerprint density at radius 3 is 2.54 bits per heavy atom. The fourth-order valence-electron chi connectivity index (χ4n) is 2.72. The Morgan fingerprint density at radius 2 is 1.81 bits per heavy atom. The van der Waals surface area contributed by atoms with Crippen LogP contribution in [0.25, 0.3) is 0 Å². The highest BCUT2D eigenvalue weighted by Gasteiger charge is 2.16. The van der Waals surface area contributed by atoms with Gasteiger partial charge in [0, 0.05) is 4.88 Å². The van der Waals surface area contributed by atoms with Crippen molar-refractivity contribution in [2.75, 3.05) is 18.5 Å². The molecule has 0 radical (unpaired) electrons. The zero-order valence-electron chi connectivity index (χ0n) is 14.6. The number of para-hydroxylation sites is 2. The van der Waals surface area contributed by atoms with Crippen molar-refractivity contribution >= 4 is 22.9 Å². The molecule has 1 atom stereocenters.